The van der Waals surface area contributed by atoms with Crippen LogP contribution in [0.2, 0.25) is 0 Å². The van der Waals surface area contributed by atoms with E-state index in [-0.39, 0.29) is 22.4 Å². The van der Waals surface area contributed by atoms with Gasteiger partial charge in [-0.3, -0.25) is 14.7 Å². The van der Waals surface area contributed by atoms with Crippen molar-refractivity contribution in [1.82, 2.24) is 20.2 Å². The minimum atomic E-state index is -0.381. The molecule has 0 bridgehead atoms. The Morgan fingerprint density at radius 2 is 1.88 bits per heavy atom. The van der Waals surface area contributed by atoms with Crippen LogP contribution in [0.3, 0.4) is 0 Å². The molecule has 0 spiro atoms. The third-order valence-electron chi connectivity index (χ3n) is 2.50. The van der Waals surface area contributed by atoms with Gasteiger partial charge in [-0.25, -0.2) is 4.98 Å². The summed E-state index contributed by atoms with van der Waals surface area (Å²) in [7, 11) is 0. The maximum Gasteiger partial charge on any atom is 0.275 e. The van der Waals surface area contributed by atoms with Gasteiger partial charge in [0.15, 0.2) is 0 Å². The zero-order valence-corrected chi connectivity index (χ0v) is 8.65. The van der Waals surface area contributed by atoms with Crippen molar-refractivity contribution in [3.8, 4) is 11.3 Å². The first-order chi connectivity index (χ1) is 8.25. The van der Waals surface area contributed by atoms with E-state index in [1.807, 2.05) is 12.1 Å². The minimum Gasteiger partial charge on any atom is -0.319 e. The molecule has 0 unspecified atom stereocenters. The van der Waals surface area contributed by atoms with Gasteiger partial charge in [0.1, 0.15) is 5.69 Å². The molecule has 0 aliphatic heterocycles. The number of fused-ring (bicyclic) bond motifs is 1. The summed E-state index contributed by atoms with van der Waals surface area (Å²) in [6.07, 6.45) is 1.43. The first-order valence-corrected chi connectivity index (χ1v) is 5.01. The number of hydrogen-bond donors (Lipinski definition) is 3. The molecule has 84 valence electrons. The van der Waals surface area contributed by atoms with Gasteiger partial charge >= 0.3 is 0 Å². The Balaban J connectivity index is 2.38. The highest BCUT2D eigenvalue weighted by atomic mass is 16.1. The number of rotatable bonds is 1. The Morgan fingerprint density at radius 1 is 1.06 bits per heavy atom. The summed E-state index contributed by atoms with van der Waals surface area (Å²) in [6, 6.07) is 7.16. The van der Waals surface area contributed by atoms with Gasteiger partial charge in [0.25, 0.3) is 11.1 Å². The molecule has 0 fully saturated rings. The number of nitrogens with one attached hydrogen (secondary N) is 3. The van der Waals surface area contributed by atoms with Crippen LogP contribution in [0.4, 0.5) is 0 Å². The monoisotopic (exact) mass is 228 g/mol. The summed E-state index contributed by atoms with van der Waals surface area (Å²) in [5.41, 5.74) is 0.895. The van der Waals surface area contributed by atoms with E-state index in [9.17, 15) is 9.59 Å². The van der Waals surface area contributed by atoms with Crippen LogP contribution in [0.15, 0.2) is 40.1 Å². The summed E-state index contributed by atoms with van der Waals surface area (Å²) >= 11 is 0. The van der Waals surface area contributed by atoms with Crippen molar-refractivity contribution in [3.05, 3.63) is 51.2 Å². The SMILES string of the molecule is O=c1[nH][nH]cc1-c1nc2ccccc2[nH]c1=O. The molecule has 0 amide bonds. The lowest BCUT2D eigenvalue weighted by atomic mass is 10.2. The van der Waals surface area contributed by atoms with Crippen LogP contribution in [0.25, 0.3) is 22.3 Å². The predicted octanol–water partition coefficient (Wildman–Crippen LogP) is 0.606. The first kappa shape index (κ1) is 9.59. The van der Waals surface area contributed by atoms with Crippen molar-refractivity contribution in [1.29, 1.82) is 0 Å². The second-order valence-electron chi connectivity index (χ2n) is 3.59. The number of para-hydroxylation sites is 2. The van der Waals surface area contributed by atoms with Gasteiger partial charge in [-0.1, -0.05) is 12.1 Å². The summed E-state index contributed by atoms with van der Waals surface area (Å²) in [4.78, 5) is 30.1. The lowest BCUT2D eigenvalue weighted by molar-refractivity contribution is 1.06. The Hall–Kier alpha value is -2.63. The highest BCUT2D eigenvalue weighted by molar-refractivity contribution is 5.76. The molecular formula is C11H8N4O2. The topological polar surface area (TPSA) is 94.4 Å². The van der Waals surface area contributed by atoms with Crippen molar-refractivity contribution in [2.75, 3.05) is 0 Å². The second-order valence-corrected chi connectivity index (χ2v) is 3.59. The number of H-pyrrole nitrogens is 3. The lowest BCUT2D eigenvalue weighted by Gasteiger charge is -1.99. The Kier molecular flexibility index (Phi) is 1.94. The average molecular weight is 228 g/mol. The van der Waals surface area contributed by atoms with E-state index in [0.29, 0.717) is 11.0 Å². The molecule has 17 heavy (non-hydrogen) atoms. The van der Waals surface area contributed by atoms with Crippen LogP contribution in [-0.4, -0.2) is 20.2 Å². The van der Waals surface area contributed by atoms with Gasteiger partial charge in [0.05, 0.1) is 16.6 Å². The van der Waals surface area contributed by atoms with E-state index in [4.69, 9.17) is 0 Å². The molecule has 3 N–H and O–H groups in total. The number of benzene rings is 1. The highest BCUT2D eigenvalue weighted by Gasteiger charge is 2.11. The van der Waals surface area contributed by atoms with E-state index < -0.39 is 0 Å². The van der Waals surface area contributed by atoms with Crippen molar-refractivity contribution in [2.45, 2.75) is 0 Å². The molecule has 0 atom stereocenters. The quantitative estimate of drug-likeness (QED) is 0.569. The number of hydrogen-bond acceptors (Lipinski definition) is 3. The molecule has 0 saturated heterocycles. The van der Waals surface area contributed by atoms with Gasteiger partial charge in [-0.2, -0.15) is 0 Å². The number of nitrogens with zero attached hydrogens (tertiary/aromatic N) is 1. The zero-order valence-electron chi connectivity index (χ0n) is 8.65. The first-order valence-electron chi connectivity index (χ1n) is 5.01. The van der Waals surface area contributed by atoms with Gasteiger partial charge < -0.3 is 10.1 Å². The second kappa shape index (κ2) is 3.44. The molecule has 0 aliphatic rings. The molecule has 2 heterocycles. The van der Waals surface area contributed by atoms with E-state index in [0.717, 1.165) is 0 Å². The molecule has 2 aromatic heterocycles. The van der Waals surface area contributed by atoms with Crippen molar-refractivity contribution >= 4 is 11.0 Å². The third-order valence-corrected chi connectivity index (χ3v) is 2.50. The van der Waals surface area contributed by atoms with Crippen LogP contribution in [-0.2, 0) is 0 Å². The fraction of sp³-hybridized carbons (Fsp3) is 0. The van der Waals surface area contributed by atoms with Crippen LogP contribution in [0.5, 0.6) is 0 Å². The predicted molar refractivity (Wildman–Crippen MR) is 62.8 cm³/mol. The van der Waals surface area contributed by atoms with Crippen molar-refractivity contribution in [3.63, 3.8) is 0 Å². The van der Waals surface area contributed by atoms with E-state index in [1.165, 1.54) is 6.20 Å². The highest BCUT2D eigenvalue weighted by Crippen LogP contribution is 2.11. The van der Waals surface area contributed by atoms with Gasteiger partial charge in [0.2, 0.25) is 0 Å². The van der Waals surface area contributed by atoms with Gasteiger partial charge in [-0.15, -0.1) is 0 Å². The van der Waals surface area contributed by atoms with E-state index in [1.54, 1.807) is 12.1 Å². The average Bonchev–Trinajstić information content (AvgIpc) is 2.74. The van der Waals surface area contributed by atoms with Crippen LogP contribution in [0, 0.1) is 0 Å². The van der Waals surface area contributed by atoms with E-state index in [2.05, 4.69) is 20.2 Å². The fourth-order valence-electron chi connectivity index (χ4n) is 1.69. The molecule has 6 heteroatoms. The number of aromatic amines is 3. The Bertz CT molecular complexity index is 797. The van der Waals surface area contributed by atoms with Crippen LogP contribution in [0.1, 0.15) is 0 Å². The summed E-state index contributed by atoms with van der Waals surface area (Å²) in [6.45, 7) is 0. The summed E-state index contributed by atoms with van der Waals surface area (Å²) in [5.74, 6) is 0. The summed E-state index contributed by atoms with van der Waals surface area (Å²) < 4.78 is 0. The third kappa shape index (κ3) is 1.46. The zero-order chi connectivity index (χ0) is 11.8. The largest absolute Gasteiger partial charge is 0.319 e. The maximum atomic E-state index is 11.8. The standard InChI is InChI=1S/C11H8N4O2/c16-10-6(5-12-15-10)9-11(17)14-8-4-2-1-3-7(8)13-9/h1-5H,(H,14,17)(H2,12,15,16). The lowest BCUT2D eigenvalue weighted by Crippen LogP contribution is -2.15. The minimum absolute atomic E-state index is 0.117. The normalized spacial score (nSPS) is 10.8. The molecule has 6 nitrogen and oxygen atoms in total. The number of aromatic nitrogens is 4. The molecular weight excluding hydrogens is 220 g/mol. The molecule has 0 radical (unpaired) electrons. The smallest absolute Gasteiger partial charge is 0.275 e. The van der Waals surface area contributed by atoms with E-state index >= 15 is 0 Å². The maximum absolute atomic E-state index is 11.8. The van der Waals surface area contributed by atoms with Gasteiger partial charge in [0, 0.05) is 6.20 Å². The molecule has 0 aliphatic carbocycles. The van der Waals surface area contributed by atoms with Crippen LogP contribution < -0.4 is 11.1 Å². The molecule has 1 aromatic carbocycles. The Morgan fingerprint density at radius 3 is 2.65 bits per heavy atom. The van der Waals surface area contributed by atoms with Crippen molar-refractivity contribution in [2.24, 2.45) is 0 Å². The molecule has 0 saturated carbocycles. The fourth-order valence-corrected chi connectivity index (χ4v) is 1.69. The molecule has 3 rings (SSSR count). The molecule has 3 aromatic rings. The Labute approximate surface area is 94.3 Å². The van der Waals surface area contributed by atoms with Crippen LogP contribution >= 0.6 is 0 Å². The summed E-state index contributed by atoms with van der Waals surface area (Å²) in [5, 5.41) is 4.91. The van der Waals surface area contributed by atoms with Crippen molar-refractivity contribution < 1.29 is 0 Å². The van der Waals surface area contributed by atoms with Gasteiger partial charge in [-0.05, 0) is 12.1 Å².